The molecule has 0 atom stereocenters. The highest BCUT2D eigenvalue weighted by Gasteiger charge is 2.15. The van der Waals surface area contributed by atoms with E-state index >= 15 is 0 Å². The second kappa shape index (κ2) is 5.10. The van der Waals surface area contributed by atoms with Gasteiger partial charge in [0.1, 0.15) is 23.5 Å². The molecule has 1 aromatic carbocycles. The van der Waals surface area contributed by atoms with Gasteiger partial charge in [-0.05, 0) is 36.5 Å². The number of para-hydroxylation sites is 1. The van der Waals surface area contributed by atoms with Crippen molar-refractivity contribution >= 4 is 28.5 Å². The minimum Gasteiger partial charge on any atom is -0.367 e. The van der Waals surface area contributed by atoms with E-state index in [-0.39, 0.29) is 5.82 Å². The first-order valence-corrected chi connectivity index (χ1v) is 7.23. The predicted octanol–water partition coefficient (Wildman–Crippen LogP) is 3.08. The van der Waals surface area contributed by atoms with Crippen LogP contribution < -0.4 is 5.32 Å². The summed E-state index contributed by atoms with van der Waals surface area (Å²) in [6.07, 6.45) is 3.68. The van der Waals surface area contributed by atoms with Crippen LogP contribution in [0.5, 0.6) is 0 Å². The van der Waals surface area contributed by atoms with E-state index in [1.54, 1.807) is 6.07 Å². The molecule has 1 aliphatic heterocycles. The summed E-state index contributed by atoms with van der Waals surface area (Å²) in [7, 11) is 0. The molecule has 0 saturated carbocycles. The molecule has 0 unspecified atom stereocenters. The number of thioether (sulfide) groups is 1. The molecule has 2 aromatic rings. The lowest BCUT2D eigenvalue weighted by Gasteiger charge is -2.23. The highest BCUT2D eigenvalue weighted by molar-refractivity contribution is 7.99. The van der Waals surface area contributed by atoms with Crippen LogP contribution in [0.2, 0.25) is 0 Å². The number of halogens is 1. The van der Waals surface area contributed by atoms with E-state index in [2.05, 4.69) is 15.3 Å². The molecule has 18 heavy (non-hydrogen) atoms. The molecule has 94 valence electrons. The molecule has 5 heteroatoms. The smallest absolute Gasteiger partial charge is 0.149 e. The maximum Gasteiger partial charge on any atom is 0.149 e. The highest BCUT2D eigenvalue weighted by atomic mass is 32.2. The van der Waals surface area contributed by atoms with Crippen molar-refractivity contribution in [3.63, 3.8) is 0 Å². The molecule has 0 bridgehead atoms. The van der Waals surface area contributed by atoms with Crippen molar-refractivity contribution in [1.29, 1.82) is 0 Å². The molecule has 0 radical (unpaired) electrons. The molecule has 3 rings (SSSR count). The van der Waals surface area contributed by atoms with E-state index in [1.807, 2.05) is 17.8 Å². The van der Waals surface area contributed by atoms with Crippen LogP contribution in [0.15, 0.2) is 24.5 Å². The lowest BCUT2D eigenvalue weighted by Crippen LogP contribution is -2.25. The Balaban J connectivity index is 1.93. The molecule has 0 aliphatic carbocycles. The van der Waals surface area contributed by atoms with Gasteiger partial charge in [0.2, 0.25) is 0 Å². The Hall–Kier alpha value is -1.36. The van der Waals surface area contributed by atoms with Crippen LogP contribution in [0, 0.1) is 5.82 Å². The number of rotatable bonds is 2. The Bertz CT molecular complexity index is 555. The molecule has 3 nitrogen and oxygen atoms in total. The highest BCUT2D eigenvalue weighted by Crippen LogP contribution is 2.25. The fourth-order valence-corrected chi connectivity index (χ4v) is 3.31. The Kier molecular flexibility index (Phi) is 3.32. The number of fused-ring (bicyclic) bond motifs is 1. The van der Waals surface area contributed by atoms with Crippen molar-refractivity contribution in [2.75, 3.05) is 16.8 Å². The zero-order valence-corrected chi connectivity index (χ0v) is 10.7. The van der Waals surface area contributed by atoms with Gasteiger partial charge in [-0.2, -0.15) is 11.8 Å². The van der Waals surface area contributed by atoms with E-state index in [1.165, 1.54) is 23.9 Å². The molecule has 1 aliphatic rings. The quantitative estimate of drug-likeness (QED) is 0.903. The fourth-order valence-electron chi connectivity index (χ4n) is 2.20. The minimum atomic E-state index is -0.294. The topological polar surface area (TPSA) is 37.8 Å². The lowest BCUT2D eigenvalue weighted by atomic mass is 10.1. The van der Waals surface area contributed by atoms with Gasteiger partial charge < -0.3 is 5.32 Å². The molecule has 1 N–H and O–H groups in total. The Labute approximate surface area is 109 Å². The molecule has 1 fully saturated rings. The molecule has 0 spiro atoms. The summed E-state index contributed by atoms with van der Waals surface area (Å²) >= 11 is 1.98. The molecule has 0 amide bonds. The molecule has 1 aromatic heterocycles. The summed E-state index contributed by atoms with van der Waals surface area (Å²) in [4.78, 5) is 8.25. The lowest BCUT2D eigenvalue weighted by molar-refractivity contribution is 0.636. The van der Waals surface area contributed by atoms with Crippen molar-refractivity contribution in [3.05, 3.63) is 30.3 Å². The van der Waals surface area contributed by atoms with E-state index in [9.17, 15) is 4.39 Å². The first kappa shape index (κ1) is 11.7. The Morgan fingerprint density at radius 3 is 2.89 bits per heavy atom. The zero-order chi connectivity index (χ0) is 12.4. The number of benzene rings is 1. The van der Waals surface area contributed by atoms with E-state index in [0.29, 0.717) is 11.6 Å². The summed E-state index contributed by atoms with van der Waals surface area (Å²) in [5.41, 5.74) is 0.389. The first-order valence-electron chi connectivity index (χ1n) is 6.08. The summed E-state index contributed by atoms with van der Waals surface area (Å²) < 4.78 is 13.6. The van der Waals surface area contributed by atoms with Crippen LogP contribution >= 0.6 is 11.8 Å². The molecule has 2 heterocycles. The third-order valence-electron chi connectivity index (χ3n) is 3.18. The van der Waals surface area contributed by atoms with Gasteiger partial charge in [0.25, 0.3) is 0 Å². The summed E-state index contributed by atoms with van der Waals surface area (Å²) in [5, 5.41) is 4.18. The maximum atomic E-state index is 13.6. The number of hydrogen-bond acceptors (Lipinski definition) is 4. The normalized spacial score (nSPS) is 16.9. The van der Waals surface area contributed by atoms with E-state index in [4.69, 9.17) is 0 Å². The van der Waals surface area contributed by atoms with Gasteiger partial charge in [-0.3, -0.25) is 0 Å². The van der Waals surface area contributed by atoms with Crippen molar-refractivity contribution < 1.29 is 4.39 Å². The number of nitrogens with one attached hydrogen (secondary N) is 1. The predicted molar refractivity (Wildman–Crippen MR) is 73.5 cm³/mol. The van der Waals surface area contributed by atoms with Crippen LogP contribution in [-0.4, -0.2) is 27.5 Å². The third kappa shape index (κ3) is 2.27. The van der Waals surface area contributed by atoms with Crippen molar-refractivity contribution in [2.24, 2.45) is 0 Å². The van der Waals surface area contributed by atoms with Gasteiger partial charge in [-0.15, -0.1) is 0 Å². The van der Waals surface area contributed by atoms with Crippen molar-refractivity contribution in [1.82, 2.24) is 9.97 Å². The molecular weight excluding hydrogens is 249 g/mol. The number of hydrogen-bond donors (Lipinski definition) is 1. The monoisotopic (exact) mass is 263 g/mol. The zero-order valence-electron chi connectivity index (χ0n) is 9.90. The van der Waals surface area contributed by atoms with Gasteiger partial charge in [-0.25, -0.2) is 14.4 Å². The Morgan fingerprint density at radius 1 is 1.22 bits per heavy atom. The van der Waals surface area contributed by atoms with Crippen molar-refractivity contribution in [3.8, 4) is 0 Å². The van der Waals surface area contributed by atoms with Crippen molar-refractivity contribution in [2.45, 2.75) is 18.9 Å². The number of anilines is 1. The minimum absolute atomic E-state index is 0.294. The van der Waals surface area contributed by atoms with Gasteiger partial charge >= 0.3 is 0 Å². The molecule has 1 saturated heterocycles. The van der Waals surface area contributed by atoms with E-state index < -0.39 is 0 Å². The molecular formula is C13H14FN3S. The van der Waals surface area contributed by atoms with Crippen LogP contribution in [0.4, 0.5) is 10.2 Å². The summed E-state index contributed by atoms with van der Waals surface area (Å²) in [6, 6.07) is 5.42. The SMILES string of the molecule is Fc1cccc2c(NC3CCSCC3)ncnc12. The third-order valence-corrected chi connectivity index (χ3v) is 4.23. The van der Waals surface area contributed by atoms with Gasteiger partial charge in [0, 0.05) is 11.4 Å². The number of nitrogens with zero attached hydrogens (tertiary/aromatic N) is 2. The second-order valence-corrected chi connectivity index (χ2v) is 5.61. The van der Waals surface area contributed by atoms with Crippen LogP contribution in [-0.2, 0) is 0 Å². The van der Waals surface area contributed by atoms with Gasteiger partial charge in [0.15, 0.2) is 0 Å². The summed E-state index contributed by atoms with van der Waals surface area (Å²) in [6.45, 7) is 0. The number of aromatic nitrogens is 2. The maximum absolute atomic E-state index is 13.6. The largest absolute Gasteiger partial charge is 0.367 e. The van der Waals surface area contributed by atoms with Crippen LogP contribution in [0.3, 0.4) is 0 Å². The fraction of sp³-hybridized carbons (Fsp3) is 0.385. The average molecular weight is 263 g/mol. The average Bonchev–Trinajstić information content (AvgIpc) is 2.41. The standard InChI is InChI=1S/C13H14FN3S/c14-11-3-1-2-10-12(11)15-8-16-13(10)17-9-4-6-18-7-5-9/h1-3,8-9H,4-7H2,(H,15,16,17). The van der Waals surface area contributed by atoms with Crippen LogP contribution in [0.25, 0.3) is 10.9 Å². The second-order valence-electron chi connectivity index (χ2n) is 4.39. The van der Waals surface area contributed by atoms with E-state index in [0.717, 1.165) is 24.0 Å². The first-order chi connectivity index (χ1) is 8.84. The van der Waals surface area contributed by atoms with Gasteiger partial charge in [0.05, 0.1) is 0 Å². The Morgan fingerprint density at radius 2 is 2.06 bits per heavy atom. The summed E-state index contributed by atoms with van der Waals surface area (Å²) in [5.74, 6) is 2.80. The van der Waals surface area contributed by atoms with Gasteiger partial charge in [-0.1, -0.05) is 6.07 Å². The van der Waals surface area contributed by atoms with Crippen LogP contribution in [0.1, 0.15) is 12.8 Å².